The van der Waals surface area contributed by atoms with Gasteiger partial charge in [-0.1, -0.05) is 32.0 Å². The summed E-state index contributed by atoms with van der Waals surface area (Å²) in [6.07, 6.45) is 1.04. The number of ether oxygens (including phenoxy) is 1. The maximum atomic E-state index is 12.6. The lowest BCUT2D eigenvalue weighted by Gasteiger charge is -2.15. The second-order valence-corrected chi connectivity index (χ2v) is 5.86. The van der Waals surface area contributed by atoms with Crippen molar-refractivity contribution in [3.05, 3.63) is 63.1 Å². The SMILES string of the molecule is CCc1nn(CC2CN=C(c3ccccc3)O2)c(=O)c(C#N)c1CC. The highest BCUT2D eigenvalue weighted by atomic mass is 16.5. The zero-order chi connectivity index (χ0) is 17.8. The number of hydrogen-bond donors (Lipinski definition) is 0. The van der Waals surface area contributed by atoms with Gasteiger partial charge in [-0.25, -0.2) is 9.67 Å². The molecule has 0 bridgehead atoms. The van der Waals surface area contributed by atoms with Crippen LogP contribution in [0.5, 0.6) is 0 Å². The molecule has 1 atom stereocenters. The van der Waals surface area contributed by atoms with E-state index in [1.54, 1.807) is 0 Å². The first-order valence-electron chi connectivity index (χ1n) is 8.47. The molecule has 0 saturated heterocycles. The van der Waals surface area contributed by atoms with Gasteiger partial charge in [-0.3, -0.25) is 4.79 Å². The lowest BCUT2D eigenvalue weighted by Crippen LogP contribution is -2.34. The largest absolute Gasteiger partial charge is 0.470 e. The number of rotatable bonds is 5. The van der Waals surface area contributed by atoms with Crippen molar-refractivity contribution >= 4 is 5.90 Å². The molecule has 2 heterocycles. The molecule has 1 aliphatic rings. The predicted octanol–water partition coefficient (Wildman–Crippen LogP) is 2.09. The van der Waals surface area contributed by atoms with Crippen LogP contribution in [-0.4, -0.2) is 28.3 Å². The fourth-order valence-corrected chi connectivity index (χ4v) is 3.00. The van der Waals surface area contributed by atoms with Gasteiger partial charge in [0.25, 0.3) is 5.56 Å². The minimum atomic E-state index is -0.353. The van der Waals surface area contributed by atoms with Gasteiger partial charge in [0.2, 0.25) is 5.90 Å². The highest BCUT2D eigenvalue weighted by molar-refractivity contribution is 5.95. The van der Waals surface area contributed by atoms with E-state index in [1.165, 1.54) is 4.68 Å². The second kappa shape index (κ2) is 7.31. The summed E-state index contributed by atoms with van der Waals surface area (Å²) in [5, 5.41) is 13.8. The monoisotopic (exact) mass is 336 g/mol. The Kier molecular flexibility index (Phi) is 4.94. The van der Waals surface area contributed by atoms with Crippen LogP contribution in [0.2, 0.25) is 0 Å². The number of hydrogen-bond acceptors (Lipinski definition) is 5. The summed E-state index contributed by atoms with van der Waals surface area (Å²) < 4.78 is 7.23. The zero-order valence-electron chi connectivity index (χ0n) is 14.4. The van der Waals surface area contributed by atoms with E-state index in [1.807, 2.05) is 50.2 Å². The van der Waals surface area contributed by atoms with Crippen molar-refractivity contribution in [1.82, 2.24) is 9.78 Å². The van der Waals surface area contributed by atoms with Crippen molar-refractivity contribution in [2.24, 2.45) is 4.99 Å². The Morgan fingerprint density at radius 3 is 2.68 bits per heavy atom. The molecule has 0 aliphatic carbocycles. The van der Waals surface area contributed by atoms with Gasteiger partial charge in [0, 0.05) is 5.56 Å². The average molecular weight is 336 g/mol. The highest BCUT2D eigenvalue weighted by Crippen LogP contribution is 2.14. The van der Waals surface area contributed by atoms with E-state index in [4.69, 9.17) is 4.74 Å². The first-order chi connectivity index (χ1) is 12.2. The van der Waals surface area contributed by atoms with Crippen LogP contribution >= 0.6 is 0 Å². The number of nitrogens with zero attached hydrogens (tertiary/aromatic N) is 4. The van der Waals surface area contributed by atoms with Crippen molar-refractivity contribution in [1.29, 1.82) is 5.26 Å². The molecule has 6 nitrogen and oxygen atoms in total. The first kappa shape index (κ1) is 16.9. The molecule has 2 aromatic rings. The highest BCUT2D eigenvalue weighted by Gasteiger charge is 2.24. The third-order valence-corrected chi connectivity index (χ3v) is 4.25. The maximum Gasteiger partial charge on any atom is 0.285 e. The van der Waals surface area contributed by atoms with Gasteiger partial charge in [-0.2, -0.15) is 10.4 Å². The quantitative estimate of drug-likeness (QED) is 0.837. The van der Waals surface area contributed by atoms with Crippen LogP contribution in [0.4, 0.5) is 0 Å². The van der Waals surface area contributed by atoms with E-state index in [2.05, 4.69) is 10.1 Å². The van der Waals surface area contributed by atoms with Crippen LogP contribution in [0.1, 0.15) is 36.2 Å². The van der Waals surface area contributed by atoms with Crippen molar-refractivity contribution in [2.75, 3.05) is 6.54 Å². The number of benzene rings is 1. The molecule has 0 N–H and O–H groups in total. The fraction of sp³-hybridized carbons (Fsp3) is 0.368. The van der Waals surface area contributed by atoms with Crippen LogP contribution < -0.4 is 5.56 Å². The molecule has 0 radical (unpaired) electrons. The minimum absolute atomic E-state index is 0.191. The molecular weight excluding hydrogens is 316 g/mol. The molecule has 0 spiro atoms. The van der Waals surface area contributed by atoms with Gasteiger partial charge in [0.15, 0.2) is 0 Å². The van der Waals surface area contributed by atoms with E-state index >= 15 is 0 Å². The fourth-order valence-electron chi connectivity index (χ4n) is 3.00. The maximum absolute atomic E-state index is 12.6. The van der Waals surface area contributed by atoms with E-state index in [0.717, 1.165) is 16.8 Å². The molecule has 0 saturated carbocycles. The number of aryl methyl sites for hydroxylation is 1. The van der Waals surface area contributed by atoms with E-state index in [0.29, 0.717) is 25.3 Å². The van der Waals surface area contributed by atoms with Crippen molar-refractivity contribution in [3.63, 3.8) is 0 Å². The predicted molar refractivity (Wildman–Crippen MR) is 94.7 cm³/mol. The third kappa shape index (κ3) is 3.31. The number of nitriles is 1. The smallest absolute Gasteiger partial charge is 0.285 e. The molecule has 1 aliphatic heterocycles. The van der Waals surface area contributed by atoms with Gasteiger partial charge >= 0.3 is 0 Å². The molecule has 1 unspecified atom stereocenters. The van der Waals surface area contributed by atoms with Gasteiger partial charge in [0.05, 0.1) is 18.8 Å². The van der Waals surface area contributed by atoms with Crippen molar-refractivity contribution in [2.45, 2.75) is 39.3 Å². The standard InChI is InChI=1S/C19H20N4O2/c1-3-15-16(10-20)19(24)23(22-17(15)4-2)12-14-11-21-18(25-14)13-8-6-5-7-9-13/h5-9,14H,3-4,11-12H2,1-2H3. The third-order valence-electron chi connectivity index (χ3n) is 4.25. The van der Waals surface area contributed by atoms with Gasteiger partial charge in [0.1, 0.15) is 17.7 Å². The minimum Gasteiger partial charge on any atom is -0.470 e. The van der Waals surface area contributed by atoms with Crippen LogP contribution in [0.25, 0.3) is 0 Å². The molecule has 1 aromatic heterocycles. The Bertz CT molecular complexity index is 894. The summed E-state index contributed by atoms with van der Waals surface area (Å²) in [5.41, 5.74) is 2.30. The van der Waals surface area contributed by atoms with E-state index < -0.39 is 0 Å². The summed E-state index contributed by atoms with van der Waals surface area (Å²) in [6, 6.07) is 11.7. The summed E-state index contributed by atoms with van der Waals surface area (Å²) in [7, 11) is 0. The normalized spacial score (nSPS) is 16.2. The average Bonchev–Trinajstić information content (AvgIpc) is 3.12. The zero-order valence-corrected chi connectivity index (χ0v) is 14.4. The molecule has 1 aromatic carbocycles. The molecule has 3 rings (SSSR count). The van der Waals surface area contributed by atoms with Crippen LogP contribution in [0.15, 0.2) is 40.1 Å². The lowest BCUT2D eigenvalue weighted by molar-refractivity contribution is 0.193. The summed E-state index contributed by atoms with van der Waals surface area (Å²) >= 11 is 0. The molecular formula is C19H20N4O2. The lowest BCUT2D eigenvalue weighted by atomic mass is 10.0. The topological polar surface area (TPSA) is 80.3 Å². The first-order valence-corrected chi connectivity index (χ1v) is 8.47. The van der Waals surface area contributed by atoms with Crippen LogP contribution in [-0.2, 0) is 24.1 Å². The Labute approximate surface area is 146 Å². The second-order valence-electron chi connectivity index (χ2n) is 5.86. The Hall–Kier alpha value is -2.94. The van der Waals surface area contributed by atoms with Crippen molar-refractivity contribution < 1.29 is 4.74 Å². The van der Waals surface area contributed by atoms with Gasteiger partial charge in [-0.15, -0.1) is 0 Å². The van der Waals surface area contributed by atoms with Crippen LogP contribution in [0.3, 0.4) is 0 Å². The summed E-state index contributed by atoms with van der Waals surface area (Å²) in [4.78, 5) is 17.0. The molecule has 0 amide bonds. The summed E-state index contributed by atoms with van der Waals surface area (Å²) in [6.45, 7) is 4.66. The van der Waals surface area contributed by atoms with E-state index in [9.17, 15) is 10.1 Å². The van der Waals surface area contributed by atoms with Gasteiger partial charge < -0.3 is 4.74 Å². The molecule has 0 fully saturated rings. The molecule has 128 valence electrons. The Balaban J connectivity index is 1.83. The Morgan fingerprint density at radius 2 is 2.04 bits per heavy atom. The number of aliphatic imine (C=N–C) groups is 1. The molecule has 25 heavy (non-hydrogen) atoms. The number of aromatic nitrogens is 2. The van der Waals surface area contributed by atoms with Gasteiger partial charge in [-0.05, 0) is 30.5 Å². The summed E-state index contributed by atoms with van der Waals surface area (Å²) in [5.74, 6) is 0.583. The van der Waals surface area contributed by atoms with Crippen molar-refractivity contribution in [3.8, 4) is 6.07 Å². The van der Waals surface area contributed by atoms with E-state index in [-0.39, 0.29) is 23.8 Å². The molecule has 6 heteroatoms. The Morgan fingerprint density at radius 1 is 1.28 bits per heavy atom. The van der Waals surface area contributed by atoms with Crippen LogP contribution in [0, 0.1) is 11.3 Å².